The lowest BCUT2D eigenvalue weighted by Crippen LogP contribution is -2.36. The summed E-state index contributed by atoms with van der Waals surface area (Å²) in [5.41, 5.74) is 9.75. The zero-order valence-corrected chi connectivity index (χ0v) is 13.1. The summed E-state index contributed by atoms with van der Waals surface area (Å²) in [5.74, 6) is 0. The molecule has 0 bridgehead atoms. The highest BCUT2D eigenvalue weighted by atomic mass is 16.3. The van der Waals surface area contributed by atoms with Gasteiger partial charge in [0.2, 0.25) is 0 Å². The van der Waals surface area contributed by atoms with Gasteiger partial charge in [-0.15, -0.1) is 0 Å². The molecule has 1 aromatic rings. The predicted octanol–water partition coefficient (Wildman–Crippen LogP) is 3.01. The van der Waals surface area contributed by atoms with E-state index in [4.69, 9.17) is 5.73 Å². The van der Waals surface area contributed by atoms with E-state index >= 15 is 0 Å². The number of aliphatic hydroxyl groups excluding tert-OH is 1. The third kappa shape index (κ3) is 2.69. The lowest BCUT2D eigenvalue weighted by Gasteiger charge is -2.37. The minimum Gasteiger partial charge on any atom is -0.388 e. The van der Waals surface area contributed by atoms with Crippen molar-refractivity contribution >= 4 is 5.69 Å². The summed E-state index contributed by atoms with van der Waals surface area (Å²) in [6, 6.07) is 6.49. The minimum atomic E-state index is -0.420. The lowest BCUT2D eigenvalue weighted by molar-refractivity contribution is 0.0166. The van der Waals surface area contributed by atoms with Gasteiger partial charge in [0.15, 0.2) is 0 Å². The second-order valence-corrected chi connectivity index (χ2v) is 6.94. The summed E-state index contributed by atoms with van der Waals surface area (Å²) in [7, 11) is 2.13. The first-order valence-electron chi connectivity index (χ1n) is 8.38. The molecule has 0 radical (unpaired) electrons. The van der Waals surface area contributed by atoms with Crippen LogP contribution in [-0.4, -0.2) is 25.2 Å². The van der Waals surface area contributed by atoms with Gasteiger partial charge in [0, 0.05) is 31.2 Å². The zero-order valence-electron chi connectivity index (χ0n) is 13.1. The van der Waals surface area contributed by atoms with Crippen LogP contribution in [0, 0.1) is 5.41 Å². The quantitative estimate of drug-likeness (QED) is 0.841. The van der Waals surface area contributed by atoms with Crippen LogP contribution in [0.1, 0.15) is 55.8 Å². The number of hydrogen-bond acceptors (Lipinski definition) is 3. The Morgan fingerprint density at radius 2 is 1.95 bits per heavy atom. The van der Waals surface area contributed by atoms with Crippen molar-refractivity contribution in [2.45, 2.75) is 51.0 Å². The predicted molar refractivity (Wildman–Crippen MR) is 87.6 cm³/mol. The van der Waals surface area contributed by atoms with Gasteiger partial charge in [-0.3, -0.25) is 0 Å². The van der Waals surface area contributed by atoms with Gasteiger partial charge < -0.3 is 15.7 Å². The Bertz CT molecular complexity index is 492. The van der Waals surface area contributed by atoms with Crippen molar-refractivity contribution in [2.75, 3.05) is 25.0 Å². The molecule has 1 saturated carbocycles. The van der Waals surface area contributed by atoms with E-state index in [0.717, 1.165) is 31.4 Å². The van der Waals surface area contributed by atoms with Crippen molar-refractivity contribution in [3.05, 3.63) is 29.3 Å². The number of nitrogens with two attached hydrogens (primary N) is 1. The van der Waals surface area contributed by atoms with Gasteiger partial charge in [-0.2, -0.15) is 0 Å². The number of likely N-dealkylation sites (N-methyl/N-ethyl adjacent to an activating group) is 1. The lowest BCUT2D eigenvalue weighted by atomic mass is 9.73. The van der Waals surface area contributed by atoms with E-state index < -0.39 is 6.10 Å². The van der Waals surface area contributed by atoms with Gasteiger partial charge >= 0.3 is 0 Å². The average Bonchev–Trinajstić information content (AvgIpc) is 2.74. The van der Waals surface area contributed by atoms with Crippen LogP contribution in [0.3, 0.4) is 0 Å². The monoisotopic (exact) mass is 288 g/mol. The molecule has 1 aliphatic carbocycles. The summed E-state index contributed by atoms with van der Waals surface area (Å²) in [6.45, 7) is 1.67. The molecule has 2 aliphatic rings. The largest absolute Gasteiger partial charge is 0.388 e. The second-order valence-electron chi connectivity index (χ2n) is 6.94. The van der Waals surface area contributed by atoms with Crippen LogP contribution in [0.25, 0.3) is 0 Å². The molecule has 3 heteroatoms. The molecule has 1 aromatic carbocycles. The maximum absolute atomic E-state index is 11.0. The molecule has 0 spiro atoms. The highest BCUT2D eigenvalue weighted by Gasteiger charge is 2.38. The molecular weight excluding hydrogens is 260 g/mol. The summed E-state index contributed by atoms with van der Waals surface area (Å²) >= 11 is 0. The number of hydrogen-bond donors (Lipinski definition) is 2. The zero-order chi connectivity index (χ0) is 14.9. The number of nitrogens with zero attached hydrogens (tertiary/aromatic N) is 1. The van der Waals surface area contributed by atoms with Crippen LogP contribution < -0.4 is 10.6 Å². The van der Waals surface area contributed by atoms with E-state index in [1.54, 1.807) is 0 Å². The summed E-state index contributed by atoms with van der Waals surface area (Å²) in [4.78, 5) is 2.29. The molecule has 3 N–H and O–H groups in total. The minimum absolute atomic E-state index is 0.116. The molecule has 1 fully saturated rings. The van der Waals surface area contributed by atoms with Crippen molar-refractivity contribution in [3.63, 3.8) is 0 Å². The van der Waals surface area contributed by atoms with E-state index in [-0.39, 0.29) is 5.41 Å². The molecule has 3 nitrogen and oxygen atoms in total. The molecule has 0 aromatic heterocycles. The normalized spacial score (nSPS) is 22.7. The average molecular weight is 288 g/mol. The number of rotatable bonds is 3. The number of anilines is 1. The van der Waals surface area contributed by atoms with Crippen LogP contribution in [-0.2, 0) is 6.42 Å². The van der Waals surface area contributed by atoms with E-state index in [1.807, 2.05) is 0 Å². The first kappa shape index (κ1) is 14.9. The molecule has 1 heterocycles. The van der Waals surface area contributed by atoms with Crippen LogP contribution >= 0.6 is 0 Å². The van der Waals surface area contributed by atoms with Gasteiger partial charge in [-0.25, -0.2) is 0 Å². The molecule has 3 rings (SSSR count). The van der Waals surface area contributed by atoms with E-state index in [0.29, 0.717) is 6.54 Å². The van der Waals surface area contributed by atoms with E-state index in [2.05, 4.69) is 30.1 Å². The topological polar surface area (TPSA) is 49.5 Å². The fourth-order valence-corrected chi connectivity index (χ4v) is 4.13. The Kier molecular flexibility index (Phi) is 4.23. The van der Waals surface area contributed by atoms with Crippen molar-refractivity contribution in [1.29, 1.82) is 0 Å². The fraction of sp³-hybridized carbons (Fsp3) is 0.667. The molecule has 1 atom stereocenters. The maximum Gasteiger partial charge on any atom is 0.0858 e. The van der Waals surface area contributed by atoms with Crippen LogP contribution in [0.5, 0.6) is 0 Å². The molecule has 21 heavy (non-hydrogen) atoms. The standard InChI is InChI=1S/C18H28N2O/c1-20-11-8-14-12-15(6-7-16(14)20)17(21)18(13-19)9-4-2-3-5-10-18/h6-7,12,17,21H,2-5,8-11,13,19H2,1H3. The Hall–Kier alpha value is -1.06. The first-order valence-corrected chi connectivity index (χ1v) is 8.38. The molecular formula is C18H28N2O. The SMILES string of the molecule is CN1CCc2cc(C(O)C3(CN)CCCCCC3)ccc21. The summed E-state index contributed by atoms with van der Waals surface area (Å²) < 4.78 is 0. The third-order valence-corrected chi connectivity index (χ3v) is 5.63. The third-order valence-electron chi connectivity index (χ3n) is 5.63. The first-order chi connectivity index (χ1) is 10.2. The second kappa shape index (κ2) is 5.98. The Morgan fingerprint density at radius 1 is 1.24 bits per heavy atom. The summed E-state index contributed by atoms with van der Waals surface area (Å²) in [6.07, 6.45) is 7.74. The van der Waals surface area contributed by atoms with E-state index in [1.165, 1.54) is 36.9 Å². The Balaban J connectivity index is 1.88. The Labute approximate surface area is 128 Å². The smallest absolute Gasteiger partial charge is 0.0858 e. The van der Waals surface area contributed by atoms with Gasteiger partial charge in [-0.1, -0.05) is 37.8 Å². The van der Waals surface area contributed by atoms with E-state index in [9.17, 15) is 5.11 Å². The highest BCUT2D eigenvalue weighted by molar-refractivity contribution is 5.58. The maximum atomic E-state index is 11.0. The van der Waals surface area contributed by atoms with Crippen molar-refractivity contribution < 1.29 is 5.11 Å². The van der Waals surface area contributed by atoms with Crippen LogP contribution in [0.2, 0.25) is 0 Å². The fourth-order valence-electron chi connectivity index (χ4n) is 4.13. The summed E-state index contributed by atoms with van der Waals surface area (Å²) in [5, 5.41) is 11.0. The van der Waals surface area contributed by atoms with Crippen LogP contribution in [0.15, 0.2) is 18.2 Å². The molecule has 1 unspecified atom stereocenters. The Morgan fingerprint density at radius 3 is 2.62 bits per heavy atom. The molecule has 0 saturated heterocycles. The van der Waals surface area contributed by atoms with Gasteiger partial charge in [0.05, 0.1) is 6.10 Å². The van der Waals surface area contributed by atoms with Gasteiger partial charge in [0.25, 0.3) is 0 Å². The number of benzene rings is 1. The van der Waals surface area contributed by atoms with Crippen LogP contribution in [0.4, 0.5) is 5.69 Å². The highest BCUT2D eigenvalue weighted by Crippen LogP contribution is 2.45. The van der Waals surface area contributed by atoms with Crippen molar-refractivity contribution in [1.82, 2.24) is 0 Å². The van der Waals surface area contributed by atoms with Crippen molar-refractivity contribution in [2.24, 2.45) is 11.1 Å². The van der Waals surface area contributed by atoms with Gasteiger partial charge in [0.1, 0.15) is 0 Å². The molecule has 116 valence electrons. The van der Waals surface area contributed by atoms with Crippen molar-refractivity contribution in [3.8, 4) is 0 Å². The molecule has 0 amide bonds. The number of aliphatic hydroxyl groups is 1. The number of fused-ring (bicyclic) bond motifs is 1. The van der Waals surface area contributed by atoms with Gasteiger partial charge in [-0.05, 0) is 36.5 Å². The molecule has 1 aliphatic heterocycles.